The van der Waals surface area contributed by atoms with E-state index < -0.39 is 0 Å². The van der Waals surface area contributed by atoms with Crippen LogP contribution < -0.4 is 10.5 Å². The number of hydrogen-bond acceptors (Lipinski definition) is 2. The molecule has 1 atom stereocenters. The molecule has 1 rings (SSSR count). The van der Waals surface area contributed by atoms with Crippen molar-refractivity contribution >= 4 is 0 Å². The maximum atomic E-state index is 13.1. The van der Waals surface area contributed by atoms with Gasteiger partial charge in [0.2, 0.25) is 0 Å². The molecular formula is C14H22FNO. The zero-order chi connectivity index (χ0) is 12.7. The van der Waals surface area contributed by atoms with E-state index in [1.807, 2.05) is 6.92 Å². The van der Waals surface area contributed by atoms with E-state index in [0.29, 0.717) is 12.4 Å². The minimum atomic E-state index is -0.280. The molecule has 0 saturated carbocycles. The van der Waals surface area contributed by atoms with Crippen molar-refractivity contribution in [2.24, 2.45) is 5.73 Å². The number of ether oxygens (including phenoxy) is 1. The SMILES string of the molecule is CCCCCCOc1cc(F)ccc1[C@@H](C)N. The molecule has 0 heterocycles. The highest BCUT2D eigenvalue weighted by molar-refractivity contribution is 5.36. The van der Waals surface area contributed by atoms with Gasteiger partial charge in [0.25, 0.3) is 0 Å². The molecule has 0 fully saturated rings. The fraction of sp³-hybridized carbons (Fsp3) is 0.571. The summed E-state index contributed by atoms with van der Waals surface area (Å²) in [6, 6.07) is 4.39. The fourth-order valence-corrected chi connectivity index (χ4v) is 1.72. The first-order valence-corrected chi connectivity index (χ1v) is 6.33. The van der Waals surface area contributed by atoms with E-state index in [1.165, 1.54) is 25.0 Å². The van der Waals surface area contributed by atoms with E-state index in [2.05, 4.69) is 6.92 Å². The largest absolute Gasteiger partial charge is 0.493 e. The van der Waals surface area contributed by atoms with Crippen molar-refractivity contribution in [1.82, 2.24) is 0 Å². The monoisotopic (exact) mass is 239 g/mol. The summed E-state index contributed by atoms with van der Waals surface area (Å²) in [6.07, 6.45) is 4.57. The Morgan fingerprint density at radius 3 is 2.71 bits per heavy atom. The molecule has 0 bridgehead atoms. The van der Waals surface area contributed by atoms with Gasteiger partial charge in [-0.1, -0.05) is 32.3 Å². The average molecular weight is 239 g/mol. The summed E-state index contributed by atoms with van der Waals surface area (Å²) < 4.78 is 18.7. The first-order chi connectivity index (χ1) is 8.15. The molecular weight excluding hydrogens is 217 g/mol. The van der Waals surface area contributed by atoms with Crippen LogP contribution in [0.5, 0.6) is 5.75 Å². The molecule has 17 heavy (non-hydrogen) atoms. The molecule has 1 aromatic rings. The lowest BCUT2D eigenvalue weighted by atomic mass is 10.1. The first kappa shape index (κ1) is 14.0. The van der Waals surface area contributed by atoms with Gasteiger partial charge in [0, 0.05) is 17.7 Å². The zero-order valence-electron chi connectivity index (χ0n) is 10.7. The van der Waals surface area contributed by atoms with E-state index in [1.54, 1.807) is 6.07 Å². The Bertz CT molecular complexity index is 339. The second-order valence-electron chi connectivity index (χ2n) is 4.38. The van der Waals surface area contributed by atoms with E-state index in [0.717, 1.165) is 18.4 Å². The molecule has 1 aromatic carbocycles. The summed E-state index contributed by atoms with van der Waals surface area (Å²) in [5.74, 6) is 0.300. The van der Waals surface area contributed by atoms with Crippen LogP contribution in [-0.4, -0.2) is 6.61 Å². The predicted octanol–water partition coefficient (Wildman–Crippen LogP) is 3.80. The van der Waals surface area contributed by atoms with Gasteiger partial charge in [-0.15, -0.1) is 0 Å². The maximum absolute atomic E-state index is 13.1. The number of hydrogen-bond donors (Lipinski definition) is 1. The third-order valence-corrected chi connectivity index (χ3v) is 2.72. The van der Waals surface area contributed by atoms with Gasteiger partial charge < -0.3 is 10.5 Å². The number of unbranched alkanes of at least 4 members (excludes halogenated alkanes) is 3. The Balaban J connectivity index is 2.53. The maximum Gasteiger partial charge on any atom is 0.126 e. The van der Waals surface area contributed by atoms with Crippen molar-refractivity contribution in [1.29, 1.82) is 0 Å². The lowest BCUT2D eigenvalue weighted by Gasteiger charge is -2.14. The van der Waals surface area contributed by atoms with Crippen LogP contribution in [0.15, 0.2) is 18.2 Å². The molecule has 0 spiro atoms. The molecule has 0 saturated heterocycles. The third-order valence-electron chi connectivity index (χ3n) is 2.72. The highest BCUT2D eigenvalue weighted by Gasteiger charge is 2.09. The third kappa shape index (κ3) is 4.73. The van der Waals surface area contributed by atoms with Gasteiger partial charge in [0.1, 0.15) is 11.6 Å². The summed E-state index contributed by atoms with van der Waals surface area (Å²) in [5.41, 5.74) is 6.68. The average Bonchev–Trinajstić information content (AvgIpc) is 2.28. The Morgan fingerprint density at radius 1 is 1.29 bits per heavy atom. The van der Waals surface area contributed by atoms with E-state index in [4.69, 9.17) is 10.5 Å². The van der Waals surface area contributed by atoms with Crippen LogP contribution in [0.2, 0.25) is 0 Å². The Labute approximate surface area is 103 Å². The minimum absolute atomic E-state index is 0.138. The Hall–Kier alpha value is -1.09. The summed E-state index contributed by atoms with van der Waals surface area (Å²) in [6.45, 7) is 4.67. The van der Waals surface area contributed by atoms with E-state index >= 15 is 0 Å². The molecule has 2 nitrogen and oxygen atoms in total. The van der Waals surface area contributed by atoms with Crippen LogP contribution in [0, 0.1) is 5.82 Å². The van der Waals surface area contributed by atoms with Gasteiger partial charge in [-0.3, -0.25) is 0 Å². The summed E-state index contributed by atoms with van der Waals surface area (Å²) in [7, 11) is 0. The van der Waals surface area contributed by atoms with E-state index in [9.17, 15) is 4.39 Å². The van der Waals surface area contributed by atoms with Crippen molar-refractivity contribution in [3.05, 3.63) is 29.6 Å². The highest BCUT2D eigenvalue weighted by atomic mass is 19.1. The quantitative estimate of drug-likeness (QED) is 0.734. The topological polar surface area (TPSA) is 35.2 Å². The predicted molar refractivity (Wildman–Crippen MR) is 68.6 cm³/mol. The van der Waals surface area contributed by atoms with Crippen molar-refractivity contribution in [2.45, 2.75) is 45.6 Å². The van der Waals surface area contributed by atoms with Gasteiger partial charge in [-0.05, 0) is 19.4 Å². The minimum Gasteiger partial charge on any atom is -0.493 e. The molecule has 0 aromatic heterocycles. The van der Waals surface area contributed by atoms with Gasteiger partial charge in [-0.2, -0.15) is 0 Å². The van der Waals surface area contributed by atoms with Crippen LogP contribution in [0.1, 0.15) is 51.1 Å². The molecule has 0 radical (unpaired) electrons. The molecule has 0 unspecified atom stereocenters. The standard InChI is InChI=1S/C14H22FNO/c1-3-4-5-6-9-17-14-10-12(15)7-8-13(14)11(2)16/h7-8,10-11H,3-6,9,16H2,1-2H3/t11-/m1/s1. The summed E-state index contributed by atoms with van der Waals surface area (Å²) >= 11 is 0. The Kier molecular flexibility index (Phi) is 5.98. The normalized spacial score (nSPS) is 12.5. The molecule has 3 heteroatoms. The van der Waals surface area contributed by atoms with Gasteiger partial charge in [0.15, 0.2) is 0 Å². The number of nitrogens with two attached hydrogens (primary N) is 1. The molecule has 0 aliphatic carbocycles. The van der Waals surface area contributed by atoms with Crippen molar-refractivity contribution < 1.29 is 9.13 Å². The van der Waals surface area contributed by atoms with Gasteiger partial charge in [-0.25, -0.2) is 4.39 Å². The van der Waals surface area contributed by atoms with E-state index in [-0.39, 0.29) is 11.9 Å². The summed E-state index contributed by atoms with van der Waals surface area (Å²) in [5, 5.41) is 0. The van der Waals surface area contributed by atoms with Crippen LogP contribution in [-0.2, 0) is 0 Å². The first-order valence-electron chi connectivity index (χ1n) is 6.33. The van der Waals surface area contributed by atoms with Crippen LogP contribution in [0.3, 0.4) is 0 Å². The lowest BCUT2D eigenvalue weighted by molar-refractivity contribution is 0.299. The smallest absolute Gasteiger partial charge is 0.126 e. The van der Waals surface area contributed by atoms with Gasteiger partial charge in [0.05, 0.1) is 6.61 Å². The molecule has 0 amide bonds. The second-order valence-corrected chi connectivity index (χ2v) is 4.38. The van der Waals surface area contributed by atoms with Crippen LogP contribution in [0.25, 0.3) is 0 Å². The number of halogens is 1. The van der Waals surface area contributed by atoms with Crippen molar-refractivity contribution in [3.8, 4) is 5.75 Å². The lowest BCUT2D eigenvalue weighted by Crippen LogP contribution is -2.09. The molecule has 2 N–H and O–H groups in total. The zero-order valence-corrected chi connectivity index (χ0v) is 10.7. The van der Waals surface area contributed by atoms with Crippen LogP contribution >= 0.6 is 0 Å². The second kappa shape index (κ2) is 7.28. The van der Waals surface area contributed by atoms with Crippen LogP contribution in [0.4, 0.5) is 4.39 Å². The fourth-order valence-electron chi connectivity index (χ4n) is 1.72. The molecule has 0 aliphatic heterocycles. The molecule has 0 aliphatic rings. The Morgan fingerprint density at radius 2 is 2.06 bits per heavy atom. The van der Waals surface area contributed by atoms with Crippen molar-refractivity contribution in [2.75, 3.05) is 6.61 Å². The van der Waals surface area contributed by atoms with Crippen molar-refractivity contribution in [3.63, 3.8) is 0 Å². The van der Waals surface area contributed by atoms with Gasteiger partial charge >= 0.3 is 0 Å². The number of benzene rings is 1. The molecule has 96 valence electrons. The summed E-state index contributed by atoms with van der Waals surface area (Å²) in [4.78, 5) is 0. The number of rotatable bonds is 7. The highest BCUT2D eigenvalue weighted by Crippen LogP contribution is 2.25.